The SMILES string of the molecule is N#Cc1ccc(F)c(CNCc2ccsc2)c1. The summed E-state index contributed by atoms with van der Waals surface area (Å²) >= 11 is 1.64. The van der Waals surface area contributed by atoms with E-state index in [0.717, 1.165) is 0 Å². The molecule has 0 aliphatic heterocycles. The summed E-state index contributed by atoms with van der Waals surface area (Å²) in [4.78, 5) is 0. The highest BCUT2D eigenvalue weighted by atomic mass is 32.1. The van der Waals surface area contributed by atoms with E-state index in [1.807, 2.05) is 17.5 Å². The fraction of sp³-hybridized carbons (Fsp3) is 0.154. The molecule has 0 spiro atoms. The third kappa shape index (κ3) is 3.13. The molecule has 0 aliphatic carbocycles. The van der Waals surface area contributed by atoms with E-state index in [0.29, 0.717) is 24.2 Å². The van der Waals surface area contributed by atoms with Crippen molar-refractivity contribution in [2.45, 2.75) is 13.1 Å². The minimum Gasteiger partial charge on any atom is -0.308 e. The number of benzene rings is 1. The Kier molecular flexibility index (Phi) is 3.86. The first kappa shape index (κ1) is 11.8. The van der Waals surface area contributed by atoms with Crippen LogP contribution in [0.15, 0.2) is 35.0 Å². The van der Waals surface area contributed by atoms with E-state index in [9.17, 15) is 4.39 Å². The van der Waals surface area contributed by atoms with Crippen molar-refractivity contribution in [2.24, 2.45) is 0 Å². The van der Waals surface area contributed by atoms with E-state index in [2.05, 4.69) is 10.7 Å². The van der Waals surface area contributed by atoms with Gasteiger partial charge in [-0.1, -0.05) is 0 Å². The maximum atomic E-state index is 13.4. The van der Waals surface area contributed by atoms with Crippen LogP contribution in [0.25, 0.3) is 0 Å². The van der Waals surface area contributed by atoms with Crippen molar-refractivity contribution in [1.29, 1.82) is 5.26 Å². The van der Waals surface area contributed by atoms with E-state index < -0.39 is 0 Å². The zero-order valence-electron chi connectivity index (χ0n) is 9.11. The lowest BCUT2D eigenvalue weighted by atomic mass is 10.1. The molecule has 0 fully saturated rings. The lowest BCUT2D eigenvalue weighted by Gasteiger charge is -2.05. The van der Waals surface area contributed by atoms with Gasteiger partial charge in [-0.2, -0.15) is 16.6 Å². The van der Waals surface area contributed by atoms with Gasteiger partial charge in [0.25, 0.3) is 0 Å². The Balaban J connectivity index is 1.97. The molecule has 0 saturated heterocycles. The summed E-state index contributed by atoms with van der Waals surface area (Å²) in [5, 5.41) is 15.9. The van der Waals surface area contributed by atoms with Gasteiger partial charge in [-0.3, -0.25) is 0 Å². The molecule has 86 valence electrons. The van der Waals surface area contributed by atoms with Gasteiger partial charge < -0.3 is 5.32 Å². The molecule has 0 radical (unpaired) electrons. The lowest BCUT2D eigenvalue weighted by Crippen LogP contribution is -2.13. The largest absolute Gasteiger partial charge is 0.308 e. The first-order valence-electron chi connectivity index (χ1n) is 5.20. The number of halogens is 1. The highest BCUT2D eigenvalue weighted by molar-refractivity contribution is 7.07. The Morgan fingerprint density at radius 3 is 2.88 bits per heavy atom. The second-order valence-corrected chi connectivity index (χ2v) is 4.43. The standard InChI is InChI=1S/C13H11FN2S/c14-13-2-1-10(6-15)5-12(13)8-16-7-11-3-4-17-9-11/h1-5,9,16H,7-8H2. The number of thiophene rings is 1. The van der Waals surface area contributed by atoms with Crippen LogP contribution >= 0.6 is 11.3 Å². The monoisotopic (exact) mass is 246 g/mol. The van der Waals surface area contributed by atoms with Gasteiger partial charge in [0.05, 0.1) is 11.6 Å². The van der Waals surface area contributed by atoms with E-state index in [1.54, 1.807) is 17.4 Å². The predicted molar refractivity (Wildman–Crippen MR) is 66.0 cm³/mol. The minimum atomic E-state index is -0.276. The van der Waals surface area contributed by atoms with Gasteiger partial charge in [0, 0.05) is 18.7 Å². The van der Waals surface area contributed by atoms with Crippen LogP contribution in [0.3, 0.4) is 0 Å². The number of rotatable bonds is 4. The molecule has 1 N–H and O–H groups in total. The zero-order valence-corrected chi connectivity index (χ0v) is 9.93. The average molecular weight is 246 g/mol. The smallest absolute Gasteiger partial charge is 0.127 e. The molecule has 1 heterocycles. The Labute approximate surface area is 103 Å². The first-order valence-corrected chi connectivity index (χ1v) is 6.14. The summed E-state index contributed by atoms with van der Waals surface area (Å²) in [6.45, 7) is 1.14. The number of hydrogen-bond acceptors (Lipinski definition) is 3. The normalized spacial score (nSPS) is 10.1. The van der Waals surface area contributed by atoms with Gasteiger partial charge in [0.1, 0.15) is 5.82 Å². The summed E-state index contributed by atoms with van der Waals surface area (Å²) in [7, 11) is 0. The van der Waals surface area contributed by atoms with Crippen LogP contribution in [-0.4, -0.2) is 0 Å². The highest BCUT2D eigenvalue weighted by Crippen LogP contribution is 2.11. The van der Waals surface area contributed by atoms with Crippen molar-refractivity contribution in [2.75, 3.05) is 0 Å². The van der Waals surface area contributed by atoms with Gasteiger partial charge in [-0.05, 0) is 40.6 Å². The van der Waals surface area contributed by atoms with Crippen LogP contribution in [0, 0.1) is 17.1 Å². The number of hydrogen-bond donors (Lipinski definition) is 1. The predicted octanol–water partition coefficient (Wildman–Crippen LogP) is 3.05. The number of nitrogens with zero attached hydrogens (tertiary/aromatic N) is 1. The van der Waals surface area contributed by atoms with Crippen molar-refractivity contribution in [3.05, 3.63) is 57.5 Å². The molecule has 2 aromatic rings. The minimum absolute atomic E-state index is 0.276. The molecular formula is C13H11FN2S. The molecule has 0 atom stereocenters. The van der Waals surface area contributed by atoms with Crippen molar-refractivity contribution in [1.82, 2.24) is 5.32 Å². The van der Waals surface area contributed by atoms with Crippen molar-refractivity contribution in [3.8, 4) is 6.07 Å². The highest BCUT2D eigenvalue weighted by Gasteiger charge is 2.03. The topological polar surface area (TPSA) is 35.8 Å². The number of nitrogens with one attached hydrogen (secondary N) is 1. The molecule has 0 amide bonds. The maximum absolute atomic E-state index is 13.4. The molecular weight excluding hydrogens is 235 g/mol. The Morgan fingerprint density at radius 2 is 2.18 bits per heavy atom. The van der Waals surface area contributed by atoms with Crippen LogP contribution in [0.4, 0.5) is 4.39 Å². The fourth-order valence-electron chi connectivity index (χ4n) is 1.51. The fourth-order valence-corrected chi connectivity index (χ4v) is 2.18. The molecule has 1 aromatic carbocycles. The average Bonchev–Trinajstić information content (AvgIpc) is 2.84. The van der Waals surface area contributed by atoms with Gasteiger partial charge in [0.2, 0.25) is 0 Å². The molecule has 4 heteroatoms. The first-order chi connectivity index (χ1) is 8.29. The van der Waals surface area contributed by atoms with Gasteiger partial charge in [0.15, 0.2) is 0 Å². The van der Waals surface area contributed by atoms with E-state index in [4.69, 9.17) is 5.26 Å². The van der Waals surface area contributed by atoms with Gasteiger partial charge in [-0.15, -0.1) is 0 Å². The molecule has 0 saturated carbocycles. The van der Waals surface area contributed by atoms with Crippen molar-refractivity contribution in [3.63, 3.8) is 0 Å². The molecule has 0 aliphatic rings. The van der Waals surface area contributed by atoms with E-state index >= 15 is 0 Å². The lowest BCUT2D eigenvalue weighted by molar-refractivity contribution is 0.588. The quantitative estimate of drug-likeness (QED) is 0.900. The zero-order chi connectivity index (χ0) is 12.1. The second-order valence-electron chi connectivity index (χ2n) is 3.65. The molecule has 0 bridgehead atoms. The summed E-state index contributed by atoms with van der Waals surface area (Å²) in [5.74, 6) is -0.276. The Bertz CT molecular complexity index is 529. The van der Waals surface area contributed by atoms with E-state index in [-0.39, 0.29) is 5.82 Å². The summed E-state index contributed by atoms with van der Waals surface area (Å²) < 4.78 is 13.4. The van der Waals surface area contributed by atoms with Gasteiger partial charge in [-0.25, -0.2) is 4.39 Å². The number of nitriles is 1. The third-order valence-electron chi connectivity index (χ3n) is 2.40. The Morgan fingerprint density at radius 1 is 1.29 bits per heavy atom. The molecule has 1 aromatic heterocycles. The van der Waals surface area contributed by atoms with Gasteiger partial charge >= 0.3 is 0 Å². The van der Waals surface area contributed by atoms with Crippen LogP contribution in [0.2, 0.25) is 0 Å². The maximum Gasteiger partial charge on any atom is 0.127 e. The van der Waals surface area contributed by atoms with Crippen LogP contribution in [0.5, 0.6) is 0 Å². The van der Waals surface area contributed by atoms with Crippen molar-refractivity contribution < 1.29 is 4.39 Å². The molecule has 17 heavy (non-hydrogen) atoms. The van der Waals surface area contributed by atoms with E-state index in [1.165, 1.54) is 17.7 Å². The summed E-state index contributed by atoms with van der Waals surface area (Å²) in [6.07, 6.45) is 0. The Hall–Kier alpha value is -1.70. The van der Waals surface area contributed by atoms with Crippen LogP contribution in [-0.2, 0) is 13.1 Å². The van der Waals surface area contributed by atoms with Crippen molar-refractivity contribution >= 4 is 11.3 Å². The summed E-state index contributed by atoms with van der Waals surface area (Å²) in [5.41, 5.74) is 2.20. The second kappa shape index (κ2) is 5.58. The third-order valence-corrected chi connectivity index (χ3v) is 3.13. The van der Waals surface area contributed by atoms with Crippen LogP contribution in [0.1, 0.15) is 16.7 Å². The molecule has 2 rings (SSSR count). The molecule has 0 unspecified atom stereocenters. The van der Waals surface area contributed by atoms with Crippen LogP contribution < -0.4 is 5.32 Å². The summed E-state index contributed by atoms with van der Waals surface area (Å²) in [6, 6.07) is 8.43. The molecule has 2 nitrogen and oxygen atoms in total.